The average Bonchev–Trinajstić information content (AvgIpc) is 2.82. The van der Waals surface area contributed by atoms with Crippen molar-refractivity contribution in [3.63, 3.8) is 0 Å². The third kappa shape index (κ3) is 1.56. The van der Waals surface area contributed by atoms with E-state index >= 15 is 0 Å². The Morgan fingerprint density at radius 2 is 1.62 bits per heavy atom. The molecule has 6 heteroatoms. The van der Waals surface area contributed by atoms with Gasteiger partial charge >= 0.3 is 0 Å². The molecule has 0 radical (unpaired) electrons. The van der Waals surface area contributed by atoms with Crippen LogP contribution < -0.4 is 11.3 Å². The lowest BCUT2D eigenvalue weighted by Gasteiger charge is -2.55. The summed E-state index contributed by atoms with van der Waals surface area (Å²) in [6, 6.07) is 0. The van der Waals surface area contributed by atoms with E-state index in [1.807, 2.05) is 0 Å². The Hall–Kier alpha value is -1.85. The molecule has 2 heterocycles. The highest BCUT2D eigenvalue weighted by Crippen LogP contribution is 2.60. The summed E-state index contributed by atoms with van der Waals surface area (Å²) in [5.74, 6) is 3.65. The van der Waals surface area contributed by atoms with Crippen LogP contribution in [-0.4, -0.2) is 19.9 Å². The Kier molecular flexibility index (Phi) is 2.06. The largest absolute Gasteiger partial charge is 0.369 e. The van der Waals surface area contributed by atoms with E-state index in [-0.39, 0.29) is 16.9 Å². The first kappa shape index (κ1) is 11.8. The van der Waals surface area contributed by atoms with Gasteiger partial charge in [-0.15, -0.1) is 0 Å². The van der Waals surface area contributed by atoms with Crippen LogP contribution in [0.3, 0.4) is 0 Å². The molecule has 4 aliphatic carbocycles. The van der Waals surface area contributed by atoms with Crippen LogP contribution in [0.15, 0.2) is 4.79 Å². The van der Waals surface area contributed by atoms with Crippen molar-refractivity contribution < 1.29 is 0 Å². The Morgan fingerprint density at radius 1 is 1.00 bits per heavy atom. The van der Waals surface area contributed by atoms with Crippen molar-refractivity contribution in [1.29, 1.82) is 0 Å². The van der Waals surface area contributed by atoms with Gasteiger partial charge in [0.05, 0.1) is 0 Å². The van der Waals surface area contributed by atoms with Crippen LogP contribution in [0.1, 0.15) is 44.3 Å². The summed E-state index contributed by atoms with van der Waals surface area (Å²) >= 11 is 0. The zero-order valence-corrected chi connectivity index (χ0v) is 11.9. The minimum absolute atomic E-state index is 0.135. The second-order valence-electron chi connectivity index (χ2n) is 7.43. The number of H-pyrrole nitrogens is 2. The predicted molar refractivity (Wildman–Crippen MR) is 78.8 cm³/mol. The van der Waals surface area contributed by atoms with Gasteiger partial charge in [-0.25, -0.2) is 4.98 Å². The highest BCUT2D eigenvalue weighted by molar-refractivity contribution is 5.70. The molecule has 0 atom stereocenters. The number of aromatic nitrogens is 4. The zero-order valence-electron chi connectivity index (χ0n) is 11.9. The Balaban J connectivity index is 1.67. The van der Waals surface area contributed by atoms with Crippen molar-refractivity contribution in [2.24, 2.45) is 17.8 Å². The van der Waals surface area contributed by atoms with Crippen LogP contribution in [0.25, 0.3) is 11.2 Å². The molecular formula is C15H19N5O. The van der Waals surface area contributed by atoms with Gasteiger partial charge in [0.25, 0.3) is 5.56 Å². The maximum atomic E-state index is 12.0. The van der Waals surface area contributed by atoms with Crippen LogP contribution in [0.5, 0.6) is 0 Å². The molecular weight excluding hydrogens is 266 g/mol. The third-order valence-corrected chi connectivity index (χ3v) is 5.92. The van der Waals surface area contributed by atoms with Crippen LogP contribution in [0.2, 0.25) is 0 Å². The van der Waals surface area contributed by atoms with E-state index < -0.39 is 0 Å². The molecule has 0 spiro atoms. The van der Waals surface area contributed by atoms with Gasteiger partial charge in [-0.3, -0.25) is 9.78 Å². The minimum Gasteiger partial charge on any atom is -0.369 e. The fraction of sp³-hybridized carbons (Fsp3) is 0.667. The SMILES string of the molecule is Nc1nc2nc(C34CC5CC(CC(C5)C3)C4)[nH]c2c(=O)[nH]1. The number of fused-ring (bicyclic) bond motifs is 1. The molecule has 0 amide bonds. The number of hydrogen-bond acceptors (Lipinski definition) is 4. The van der Waals surface area contributed by atoms with Gasteiger partial charge < -0.3 is 10.7 Å². The number of nitrogens with two attached hydrogens (primary N) is 1. The van der Waals surface area contributed by atoms with E-state index in [1.54, 1.807) is 0 Å². The maximum absolute atomic E-state index is 12.0. The molecule has 6 nitrogen and oxygen atoms in total. The molecule has 4 N–H and O–H groups in total. The van der Waals surface area contributed by atoms with Crippen molar-refractivity contribution in [3.05, 3.63) is 16.2 Å². The van der Waals surface area contributed by atoms with Crippen molar-refractivity contribution in [2.75, 3.05) is 5.73 Å². The van der Waals surface area contributed by atoms with E-state index in [0.717, 1.165) is 23.6 Å². The lowest BCUT2D eigenvalue weighted by atomic mass is 9.49. The van der Waals surface area contributed by atoms with Crippen LogP contribution in [0, 0.1) is 17.8 Å². The van der Waals surface area contributed by atoms with E-state index in [0.29, 0.717) is 11.2 Å². The van der Waals surface area contributed by atoms with Crippen molar-refractivity contribution in [2.45, 2.75) is 43.9 Å². The summed E-state index contributed by atoms with van der Waals surface area (Å²) in [7, 11) is 0. The maximum Gasteiger partial charge on any atom is 0.278 e. The number of anilines is 1. The number of nitrogens with one attached hydrogen (secondary N) is 2. The summed E-state index contributed by atoms with van der Waals surface area (Å²) < 4.78 is 0. The highest BCUT2D eigenvalue weighted by atomic mass is 16.1. The lowest BCUT2D eigenvalue weighted by molar-refractivity contribution is -0.00888. The summed E-state index contributed by atoms with van der Waals surface area (Å²) in [5.41, 5.74) is 6.48. The molecule has 0 aromatic carbocycles. The topological polar surface area (TPSA) is 100 Å². The number of imidazole rings is 1. The second-order valence-corrected chi connectivity index (χ2v) is 7.43. The quantitative estimate of drug-likeness (QED) is 0.742. The smallest absolute Gasteiger partial charge is 0.278 e. The first-order chi connectivity index (χ1) is 10.1. The van der Waals surface area contributed by atoms with E-state index in [9.17, 15) is 4.79 Å². The average molecular weight is 285 g/mol. The first-order valence-electron chi connectivity index (χ1n) is 7.87. The van der Waals surface area contributed by atoms with Crippen LogP contribution >= 0.6 is 0 Å². The van der Waals surface area contributed by atoms with Gasteiger partial charge in [0, 0.05) is 5.41 Å². The molecule has 0 aliphatic heterocycles. The van der Waals surface area contributed by atoms with E-state index in [4.69, 9.17) is 5.73 Å². The third-order valence-electron chi connectivity index (χ3n) is 5.92. The molecule has 2 aromatic rings. The van der Waals surface area contributed by atoms with Crippen molar-refractivity contribution in [1.82, 2.24) is 19.9 Å². The molecule has 2 aromatic heterocycles. The van der Waals surface area contributed by atoms with E-state index in [1.165, 1.54) is 38.5 Å². The highest BCUT2D eigenvalue weighted by Gasteiger charge is 2.53. The van der Waals surface area contributed by atoms with E-state index in [2.05, 4.69) is 19.9 Å². The minimum atomic E-state index is -0.221. The Morgan fingerprint density at radius 3 is 2.24 bits per heavy atom. The van der Waals surface area contributed by atoms with Gasteiger partial charge in [0.15, 0.2) is 11.2 Å². The summed E-state index contributed by atoms with van der Waals surface area (Å²) in [6.45, 7) is 0. The molecule has 4 fully saturated rings. The molecule has 4 saturated carbocycles. The number of aromatic amines is 2. The van der Waals surface area contributed by atoms with Crippen LogP contribution in [-0.2, 0) is 5.41 Å². The second kappa shape index (κ2) is 3.67. The van der Waals surface area contributed by atoms with Gasteiger partial charge in [-0.2, -0.15) is 4.98 Å². The normalized spacial score (nSPS) is 37.4. The molecule has 4 aliphatic rings. The predicted octanol–water partition coefficient (Wildman–Crippen LogP) is 1.70. The van der Waals surface area contributed by atoms with Gasteiger partial charge in [0.1, 0.15) is 5.82 Å². The first-order valence-corrected chi connectivity index (χ1v) is 7.87. The van der Waals surface area contributed by atoms with Crippen molar-refractivity contribution in [3.8, 4) is 0 Å². The summed E-state index contributed by atoms with van der Waals surface area (Å²) in [6.07, 6.45) is 7.83. The summed E-state index contributed by atoms with van der Waals surface area (Å²) in [5, 5.41) is 0. The molecule has 110 valence electrons. The molecule has 0 unspecified atom stereocenters. The lowest BCUT2D eigenvalue weighted by Crippen LogP contribution is -2.49. The standard InChI is InChI=1S/C15H19N5O/c16-14-19-11-10(12(21)20-14)17-13(18-11)15-4-7-1-8(5-15)3-9(2-7)6-15/h7-9H,1-6H2,(H4,16,17,18,19,20,21). The fourth-order valence-electron chi connectivity index (χ4n) is 5.58. The fourth-order valence-corrected chi connectivity index (χ4v) is 5.58. The molecule has 21 heavy (non-hydrogen) atoms. The van der Waals surface area contributed by atoms with Gasteiger partial charge in [-0.1, -0.05) is 0 Å². The van der Waals surface area contributed by atoms with Gasteiger partial charge in [0.2, 0.25) is 5.95 Å². The Bertz CT molecular complexity index is 754. The number of rotatable bonds is 1. The molecule has 4 bridgehead atoms. The number of nitrogens with zero attached hydrogens (tertiary/aromatic N) is 2. The van der Waals surface area contributed by atoms with Crippen LogP contribution in [0.4, 0.5) is 5.95 Å². The molecule has 6 rings (SSSR count). The monoisotopic (exact) mass is 285 g/mol. The number of hydrogen-bond donors (Lipinski definition) is 3. The van der Waals surface area contributed by atoms with Crippen molar-refractivity contribution >= 4 is 17.1 Å². The number of nitrogen functional groups attached to an aromatic ring is 1. The Labute approximate surface area is 121 Å². The summed E-state index contributed by atoms with van der Waals surface area (Å²) in [4.78, 5) is 26.6. The molecule has 0 saturated heterocycles. The van der Waals surface area contributed by atoms with Gasteiger partial charge in [-0.05, 0) is 56.3 Å². The zero-order chi connectivity index (χ0) is 14.2.